The monoisotopic (exact) mass is 477 g/mol. The summed E-state index contributed by atoms with van der Waals surface area (Å²) in [5.41, 5.74) is 7.27. The van der Waals surface area contributed by atoms with Gasteiger partial charge in [-0.2, -0.15) is 0 Å². The van der Waals surface area contributed by atoms with Gasteiger partial charge in [-0.05, 0) is 41.3 Å². The smallest absolute Gasteiger partial charge is 0.188 e. The van der Waals surface area contributed by atoms with Crippen molar-refractivity contribution in [2.75, 3.05) is 0 Å². The van der Waals surface area contributed by atoms with Crippen LogP contribution in [0.1, 0.15) is 27.5 Å². The Bertz CT molecular complexity index is 1470. The molecule has 3 heteroatoms. The molecule has 1 unspecified atom stereocenters. The molecule has 1 aromatic heterocycles. The molecule has 0 radical (unpaired) electrons. The molecule has 0 bridgehead atoms. The average Bonchev–Trinajstić information content (AvgIpc) is 3.17. The second kappa shape index (κ2) is 7.61. The van der Waals surface area contributed by atoms with Crippen molar-refractivity contribution in [2.45, 2.75) is 12.3 Å². The number of halogens is 1. The molecule has 4 aromatic carbocycles. The summed E-state index contributed by atoms with van der Waals surface area (Å²) in [7, 11) is 0. The third-order valence-corrected chi connectivity index (χ3v) is 6.87. The van der Waals surface area contributed by atoms with Gasteiger partial charge < -0.3 is 4.57 Å². The number of hydrogen-bond donors (Lipinski definition) is 0. The van der Waals surface area contributed by atoms with Gasteiger partial charge in [-0.15, -0.1) is 0 Å². The van der Waals surface area contributed by atoms with E-state index in [9.17, 15) is 4.79 Å². The first-order valence-corrected chi connectivity index (χ1v) is 11.6. The topological polar surface area (TPSA) is 22.0 Å². The van der Waals surface area contributed by atoms with E-state index in [1.165, 1.54) is 5.56 Å². The number of ketones is 1. The Hall–Kier alpha value is -3.43. The Morgan fingerprint density at radius 3 is 2.25 bits per heavy atom. The SMILES string of the molecule is O=C1c2c(-c3ccccc3)c3ccc(Br)cc3n2-c2ccccc2C1Cc1ccccc1. The number of Topliss-reactive ketones (excluding diaryl/α,β-unsaturated/α-hetero) is 1. The molecule has 2 nitrogen and oxygen atoms in total. The number of carbonyl (C=O) groups excluding carboxylic acids is 1. The van der Waals surface area contributed by atoms with Gasteiger partial charge in [-0.3, -0.25) is 4.79 Å². The predicted molar refractivity (Wildman–Crippen MR) is 134 cm³/mol. The van der Waals surface area contributed by atoms with Crippen molar-refractivity contribution in [3.05, 3.63) is 124 Å². The van der Waals surface area contributed by atoms with E-state index in [0.717, 1.165) is 43.4 Å². The predicted octanol–water partition coefficient (Wildman–Crippen LogP) is 7.58. The molecule has 0 aliphatic carbocycles. The van der Waals surface area contributed by atoms with E-state index in [2.05, 4.69) is 81.2 Å². The molecule has 0 saturated carbocycles. The number of aromatic nitrogens is 1. The van der Waals surface area contributed by atoms with Crippen molar-refractivity contribution in [2.24, 2.45) is 0 Å². The zero-order chi connectivity index (χ0) is 21.7. The number of hydrogen-bond acceptors (Lipinski definition) is 1. The van der Waals surface area contributed by atoms with Crippen molar-refractivity contribution in [1.29, 1.82) is 0 Å². The van der Waals surface area contributed by atoms with Crippen LogP contribution in [-0.4, -0.2) is 10.4 Å². The van der Waals surface area contributed by atoms with Gasteiger partial charge >= 0.3 is 0 Å². The van der Waals surface area contributed by atoms with E-state index in [-0.39, 0.29) is 11.7 Å². The fraction of sp³-hybridized carbons (Fsp3) is 0.0690. The summed E-state index contributed by atoms with van der Waals surface area (Å²) in [6, 6.07) is 35.2. The first kappa shape index (κ1) is 19.3. The zero-order valence-electron chi connectivity index (χ0n) is 17.3. The fourth-order valence-corrected chi connectivity index (χ4v) is 5.34. The van der Waals surface area contributed by atoms with Crippen LogP contribution in [0.15, 0.2) is 108 Å². The van der Waals surface area contributed by atoms with E-state index in [1.807, 2.05) is 42.5 Å². The van der Waals surface area contributed by atoms with Crippen LogP contribution < -0.4 is 0 Å². The third kappa shape index (κ3) is 2.96. The Balaban J connectivity index is 1.68. The summed E-state index contributed by atoms with van der Waals surface area (Å²) in [6.45, 7) is 0. The van der Waals surface area contributed by atoms with Crippen LogP contribution in [0.5, 0.6) is 0 Å². The van der Waals surface area contributed by atoms with Gasteiger partial charge in [0.1, 0.15) is 0 Å². The van der Waals surface area contributed by atoms with Crippen molar-refractivity contribution in [3.8, 4) is 16.8 Å². The highest BCUT2D eigenvalue weighted by molar-refractivity contribution is 9.10. The van der Waals surface area contributed by atoms with E-state index < -0.39 is 0 Å². The number of nitrogens with zero attached hydrogens (tertiary/aromatic N) is 1. The largest absolute Gasteiger partial charge is 0.306 e. The average molecular weight is 478 g/mol. The minimum absolute atomic E-state index is 0.179. The number of para-hydroxylation sites is 1. The van der Waals surface area contributed by atoms with Gasteiger partial charge in [-0.1, -0.05) is 101 Å². The summed E-state index contributed by atoms with van der Waals surface area (Å²) in [6.07, 6.45) is 0.691. The van der Waals surface area contributed by atoms with Crippen molar-refractivity contribution in [3.63, 3.8) is 0 Å². The molecule has 5 aromatic rings. The summed E-state index contributed by atoms with van der Waals surface area (Å²) in [5, 5.41) is 1.10. The van der Waals surface area contributed by atoms with Crippen LogP contribution in [0.4, 0.5) is 0 Å². The lowest BCUT2D eigenvalue weighted by Gasteiger charge is -2.28. The third-order valence-electron chi connectivity index (χ3n) is 6.38. The molecular formula is C29H20BrNO. The first-order chi connectivity index (χ1) is 15.7. The maximum atomic E-state index is 14.2. The van der Waals surface area contributed by atoms with Gasteiger partial charge in [0.25, 0.3) is 0 Å². The molecule has 0 N–H and O–H groups in total. The standard InChI is InChI=1S/C29H20BrNO/c30-21-15-16-23-26(18-21)31-25-14-8-7-13-22(25)24(17-19-9-3-1-4-10-19)29(32)28(31)27(23)20-11-5-2-6-12-20/h1-16,18,24H,17H2. The molecule has 0 fully saturated rings. The van der Waals surface area contributed by atoms with Crippen LogP contribution >= 0.6 is 15.9 Å². The summed E-state index contributed by atoms with van der Waals surface area (Å²) >= 11 is 3.64. The van der Waals surface area contributed by atoms with Gasteiger partial charge in [0.15, 0.2) is 5.78 Å². The number of carbonyl (C=O) groups is 1. The fourth-order valence-electron chi connectivity index (χ4n) is 4.99. The molecule has 1 aliphatic rings. The van der Waals surface area contributed by atoms with Gasteiger partial charge in [0.05, 0.1) is 22.8 Å². The highest BCUT2D eigenvalue weighted by Gasteiger charge is 2.36. The maximum Gasteiger partial charge on any atom is 0.188 e. The Morgan fingerprint density at radius 2 is 1.47 bits per heavy atom. The Labute approximate surface area is 195 Å². The molecular weight excluding hydrogens is 458 g/mol. The van der Waals surface area contributed by atoms with Crippen LogP contribution in [-0.2, 0) is 6.42 Å². The van der Waals surface area contributed by atoms with Crippen molar-refractivity contribution >= 4 is 32.6 Å². The molecule has 154 valence electrons. The minimum atomic E-state index is -0.212. The molecule has 6 rings (SSSR count). The molecule has 32 heavy (non-hydrogen) atoms. The normalized spacial score (nSPS) is 14.9. The van der Waals surface area contributed by atoms with Crippen molar-refractivity contribution in [1.82, 2.24) is 4.57 Å². The summed E-state index contributed by atoms with van der Waals surface area (Å²) in [5.74, 6) is -0.0324. The lowest BCUT2D eigenvalue weighted by Crippen LogP contribution is -2.26. The van der Waals surface area contributed by atoms with Gasteiger partial charge in [-0.25, -0.2) is 0 Å². The zero-order valence-corrected chi connectivity index (χ0v) is 18.9. The van der Waals surface area contributed by atoms with Crippen LogP contribution in [0.3, 0.4) is 0 Å². The van der Waals surface area contributed by atoms with E-state index in [0.29, 0.717) is 6.42 Å². The van der Waals surface area contributed by atoms with Crippen LogP contribution in [0.25, 0.3) is 27.7 Å². The molecule has 1 atom stereocenters. The Morgan fingerprint density at radius 1 is 0.781 bits per heavy atom. The van der Waals surface area contributed by atoms with Gasteiger partial charge in [0, 0.05) is 15.4 Å². The van der Waals surface area contributed by atoms with E-state index >= 15 is 0 Å². The van der Waals surface area contributed by atoms with Crippen LogP contribution in [0, 0.1) is 0 Å². The quantitative estimate of drug-likeness (QED) is 0.262. The lowest BCUT2D eigenvalue weighted by atomic mass is 9.82. The van der Waals surface area contributed by atoms with Crippen LogP contribution in [0.2, 0.25) is 0 Å². The molecule has 0 amide bonds. The number of rotatable bonds is 3. The first-order valence-electron chi connectivity index (χ1n) is 10.8. The van der Waals surface area contributed by atoms with Crippen molar-refractivity contribution < 1.29 is 4.79 Å². The highest BCUT2D eigenvalue weighted by Crippen LogP contribution is 2.45. The summed E-state index contributed by atoms with van der Waals surface area (Å²) < 4.78 is 3.17. The number of benzene rings is 4. The highest BCUT2D eigenvalue weighted by atomic mass is 79.9. The molecule has 0 spiro atoms. The Kier molecular flexibility index (Phi) is 4.58. The van der Waals surface area contributed by atoms with E-state index in [1.54, 1.807) is 0 Å². The minimum Gasteiger partial charge on any atom is -0.306 e. The lowest BCUT2D eigenvalue weighted by molar-refractivity contribution is 0.0948. The molecule has 0 saturated heterocycles. The van der Waals surface area contributed by atoms with E-state index in [4.69, 9.17) is 0 Å². The second-order valence-electron chi connectivity index (χ2n) is 8.25. The maximum absolute atomic E-state index is 14.2. The van der Waals surface area contributed by atoms with Gasteiger partial charge in [0.2, 0.25) is 0 Å². The summed E-state index contributed by atoms with van der Waals surface area (Å²) in [4.78, 5) is 14.2. The number of fused-ring (bicyclic) bond motifs is 5. The molecule has 1 aliphatic heterocycles. The molecule has 2 heterocycles. The second-order valence-corrected chi connectivity index (χ2v) is 9.17.